The standard InChI is InChI=1S/C13H24N2O2S/c1-2-5-15(9-12(14)18)11-3-6-17-13(8-11)4-7-16-10-13/h11H,2-10H2,1H3,(H2,14,18). The summed E-state index contributed by atoms with van der Waals surface area (Å²) in [6.07, 6.45) is 4.28. The molecule has 0 amide bonds. The van der Waals surface area contributed by atoms with Gasteiger partial charge in [-0.1, -0.05) is 19.1 Å². The van der Waals surface area contributed by atoms with Crippen molar-refractivity contribution in [2.24, 2.45) is 5.73 Å². The van der Waals surface area contributed by atoms with E-state index in [1.54, 1.807) is 0 Å². The second-order valence-corrected chi connectivity index (χ2v) is 5.94. The van der Waals surface area contributed by atoms with Gasteiger partial charge in [-0.05, 0) is 25.8 Å². The monoisotopic (exact) mass is 272 g/mol. The minimum Gasteiger partial charge on any atom is -0.392 e. The van der Waals surface area contributed by atoms with Crippen LogP contribution in [-0.4, -0.2) is 54.4 Å². The summed E-state index contributed by atoms with van der Waals surface area (Å²) in [7, 11) is 0. The summed E-state index contributed by atoms with van der Waals surface area (Å²) in [5.74, 6) is 0. The van der Waals surface area contributed by atoms with Crippen LogP contribution >= 0.6 is 12.2 Å². The number of rotatable bonds is 5. The quantitative estimate of drug-likeness (QED) is 0.765. The van der Waals surface area contributed by atoms with E-state index >= 15 is 0 Å². The molecule has 4 nitrogen and oxygen atoms in total. The number of nitrogens with zero attached hydrogens (tertiary/aromatic N) is 1. The molecule has 2 fully saturated rings. The zero-order valence-corrected chi connectivity index (χ0v) is 12.0. The fraction of sp³-hybridized carbons (Fsp3) is 0.923. The average molecular weight is 272 g/mol. The Hall–Kier alpha value is -0.230. The molecular weight excluding hydrogens is 248 g/mol. The van der Waals surface area contributed by atoms with Crippen molar-refractivity contribution < 1.29 is 9.47 Å². The molecule has 2 aliphatic heterocycles. The van der Waals surface area contributed by atoms with Gasteiger partial charge in [0.15, 0.2) is 0 Å². The molecule has 0 aromatic heterocycles. The molecule has 2 atom stereocenters. The summed E-state index contributed by atoms with van der Waals surface area (Å²) in [6, 6.07) is 0.530. The molecule has 1 spiro atoms. The fourth-order valence-corrected chi connectivity index (χ4v) is 3.22. The molecule has 2 rings (SSSR count). The highest BCUT2D eigenvalue weighted by Crippen LogP contribution is 2.34. The predicted molar refractivity (Wildman–Crippen MR) is 75.8 cm³/mol. The number of hydrogen-bond acceptors (Lipinski definition) is 4. The first kappa shape index (κ1) is 14.2. The molecule has 5 heteroatoms. The average Bonchev–Trinajstić information content (AvgIpc) is 2.76. The third kappa shape index (κ3) is 3.41. The van der Waals surface area contributed by atoms with Gasteiger partial charge >= 0.3 is 0 Å². The van der Waals surface area contributed by atoms with E-state index in [2.05, 4.69) is 11.8 Å². The Morgan fingerprint density at radius 2 is 2.33 bits per heavy atom. The van der Waals surface area contributed by atoms with Crippen molar-refractivity contribution in [2.75, 3.05) is 32.9 Å². The molecule has 18 heavy (non-hydrogen) atoms. The van der Waals surface area contributed by atoms with Crippen molar-refractivity contribution in [3.8, 4) is 0 Å². The summed E-state index contributed by atoms with van der Waals surface area (Å²) < 4.78 is 11.5. The molecule has 0 bridgehead atoms. The van der Waals surface area contributed by atoms with Crippen LogP contribution in [0.3, 0.4) is 0 Å². The summed E-state index contributed by atoms with van der Waals surface area (Å²) in [5, 5.41) is 0. The number of thiocarbonyl (C=S) groups is 1. The van der Waals surface area contributed by atoms with E-state index in [0.29, 0.717) is 11.0 Å². The Labute approximate surface area is 115 Å². The first-order valence-electron chi connectivity index (χ1n) is 6.89. The molecule has 2 unspecified atom stereocenters. The van der Waals surface area contributed by atoms with E-state index in [1.807, 2.05) is 0 Å². The minimum atomic E-state index is -0.0366. The second-order valence-electron chi connectivity index (χ2n) is 5.42. The first-order valence-corrected chi connectivity index (χ1v) is 7.30. The summed E-state index contributed by atoms with van der Waals surface area (Å²) in [6.45, 7) is 6.38. The topological polar surface area (TPSA) is 47.7 Å². The minimum absolute atomic E-state index is 0.0366. The SMILES string of the molecule is CCCN(CC(N)=S)C1CCOC2(CCOC2)C1. The zero-order chi connectivity index (χ0) is 13.0. The lowest BCUT2D eigenvalue weighted by atomic mass is 9.88. The van der Waals surface area contributed by atoms with Crippen LogP contribution in [0.1, 0.15) is 32.6 Å². The Morgan fingerprint density at radius 1 is 1.50 bits per heavy atom. The molecule has 0 saturated carbocycles. The lowest BCUT2D eigenvalue weighted by Gasteiger charge is -2.42. The molecular formula is C13H24N2O2S. The molecule has 2 heterocycles. The van der Waals surface area contributed by atoms with Crippen molar-refractivity contribution in [1.29, 1.82) is 0 Å². The summed E-state index contributed by atoms with van der Waals surface area (Å²) in [4.78, 5) is 3.01. The normalized spacial score (nSPS) is 32.2. The Kier molecular flexibility index (Phi) is 4.95. The van der Waals surface area contributed by atoms with E-state index in [-0.39, 0.29) is 5.60 Å². The highest BCUT2D eigenvalue weighted by molar-refractivity contribution is 7.80. The van der Waals surface area contributed by atoms with Crippen molar-refractivity contribution in [3.05, 3.63) is 0 Å². The lowest BCUT2D eigenvalue weighted by molar-refractivity contribution is -0.104. The lowest BCUT2D eigenvalue weighted by Crippen LogP contribution is -2.51. The Morgan fingerprint density at radius 3 is 2.94 bits per heavy atom. The maximum atomic E-state index is 5.97. The molecule has 0 aromatic carbocycles. The highest BCUT2D eigenvalue weighted by atomic mass is 32.1. The second kappa shape index (κ2) is 6.28. The van der Waals surface area contributed by atoms with Crippen LogP contribution in [0.2, 0.25) is 0 Å². The van der Waals surface area contributed by atoms with Gasteiger partial charge in [-0.15, -0.1) is 0 Å². The third-order valence-corrected chi connectivity index (χ3v) is 4.05. The van der Waals surface area contributed by atoms with Gasteiger partial charge in [0.1, 0.15) is 0 Å². The maximum absolute atomic E-state index is 5.97. The summed E-state index contributed by atoms with van der Waals surface area (Å²) in [5.41, 5.74) is 5.67. The zero-order valence-electron chi connectivity index (χ0n) is 11.2. The third-order valence-electron chi connectivity index (χ3n) is 3.92. The molecule has 2 saturated heterocycles. The maximum Gasteiger partial charge on any atom is 0.0951 e. The van der Waals surface area contributed by atoms with E-state index < -0.39 is 0 Å². The van der Waals surface area contributed by atoms with Gasteiger partial charge in [0, 0.05) is 32.2 Å². The van der Waals surface area contributed by atoms with Crippen LogP contribution in [0, 0.1) is 0 Å². The van der Waals surface area contributed by atoms with Crippen molar-refractivity contribution >= 4 is 17.2 Å². The Balaban J connectivity index is 1.98. The smallest absolute Gasteiger partial charge is 0.0951 e. The van der Waals surface area contributed by atoms with E-state index in [0.717, 1.165) is 58.6 Å². The molecule has 2 aliphatic rings. The summed E-state index contributed by atoms with van der Waals surface area (Å²) >= 11 is 5.06. The number of hydrogen-bond donors (Lipinski definition) is 1. The van der Waals surface area contributed by atoms with Crippen molar-refractivity contribution in [1.82, 2.24) is 4.90 Å². The van der Waals surface area contributed by atoms with Crippen LogP contribution in [0.15, 0.2) is 0 Å². The molecule has 0 aromatic rings. The van der Waals surface area contributed by atoms with Gasteiger partial charge < -0.3 is 15.2 Å². The van der Waals surface area contributed by atoms with Crippen LogP contribution in [0.4, 0.5) is 0 Å². The predicted octanol–water partition coefficient (Wildman–Crippen LogP) is 1.32. The molecule has 0 aliphatic carbocycles. The largest absolute Gasteiger partial charge is 0.392 e. The van der Waals surface area contributed by atoms with E-state index in [4.69, 9.17) is 27.4 Å². The fourth-order valence-electron chi connectivity index (χ4n) is 3.05. The van der Waals surface area contributed by atoms with E-state index in [1.165, 1.54) is 0 Å². The van der Waals surface area contributed by atoms with Crippen molar-refractivity contribution in [3.63, 3.8) is 0 Å². The van der Waals surface area contributed by atoms with E-state index in [9.17, 15) is 0 Å². The van der Waals surface area contributed by atoms with Crippen LogP contribution in [-0.2, 0) is 9.47 Å². The Bertz CT molecular complexity index is 293. The molecule has 104 valence electrons. The molecule has 0 radical (unpaired) electrons. The molecule has 2 N–H and O–H groups in total. The van der Waals surface area contributed by atoms with Crippen molar-refractivity contribution in [2.45, 2.75) is 44.2 Å². The van der Waals surface area contributed by atoms with Gasteiger partial charge in [0.25, 0.3) is 0 Å². The number of ether oxygens (including phenoxy) is 2. The van der Waals surface area contributed by atoms with Crippen LogP contribution in [0.25, 0.3) is 0 Å². The van der Waals surface area contributed by atoms with Gasteiger partial charge in [0.2, 0.25) is 0 Å². The number of nitrogens with two attached hydrogens (primary N) is 1. The van der Waals surface area contributed by atoms with Crippen LogP contribution < -0.4 is 5.73 Å². The highest BCUT2D eigenvalue weighted by Gasteiger charge is 2.42. The first-order chi connectivity index (χ1) is 8.65. The van der Waals surface area contributed by atoms with Crippen LogP contribution in [0.5, 0.6) is 0 Å². The van der Waals surface area contributed by atoms with Gasteiger partial charge in [-0.25, -0.2) is 0 Å². The van der Waals surface area contributed by atoms with Gasteiger partial charge in [0.05, 0.1) is 17.2 Å². The van der Waals surface area contributed by atoms with Gasteiger partial charge in [-0.2, -0.15) is 0 Å². The van der Waals surface area contributed by atoms with Gasteiger partial charge in [-0.3, -0.25) is 4.90 Å².